The Morgan fingerprint density at radius 3 is 2.65 bits per heavy atom. The number of nitrogens with one attached hydrogen (secondary N) is 1. The van der Waals surface area contributed by atoms with Gasteiger partial charge in [0.05, 0.1) is 5.92 Å². The molecule has 26 heavy (non-hydrogen) atoms. The maximum absolute atomic E-state index is 12.4. The first kappa shape index (κ1) is 18.0. The molecular weight excluding hydrogens is 322 g/mol. The van der Waals surface area contributed by atoms with Crippen LogP contribution in [0.1, 0.15) is 49.7 Å². The first-order chi connectivity index (χ1) is 12.7. The maximum atomic E-state index is 12.4. The lowest BCUT2D eigenvalue weighted by Crippen LogP contribution is -2.50. The van der Waals surface area contributed by atoms with Gasteiger partial charge in [0.25, 0.3) is 0 Å². The Labute approximate surface area is 157 Å². The van der Waals surface area contributed by atoms with Gasteiger partial charge in [-0.3, -0.25) is 14.6 Å². The molecular formula is C22H33N3O. The fourth-order valence-electron chi connectivity index (χ4n) is 4.61. The first-order valence-corrected chi connectivity index (χ1v) is 10.5. The number of aryl methyl sites for hydroxylation is 1. The first-order valence-electron chi connectivity index (χ1n) is 10.5. The molecule has 0 bridgehead atoms. The molecule has 3 aliphatic rings. The summed E-state index contributed by atoms with van der Waals surface area (Å²) in [6.45, 7) is 7.74. The lowest BCUT2D eigenvalue weighted by Gasteiger charge is -2.42. The Morgan fingerprint density at radius 2 is 1.92 bits per heavy atom. The van der Waals surface area contributed by atoms with Gasteiger partial charge in [-0.15, -0.1) is 0 Å². The predicted octanol–water partition coefficient (Wildman–Crippen LogP) is 2.95. The molecule has 1 atom stereocenters. The molecule has 1 N–H and O–H groups in total. The monoisotopic (exact) mass is 355 g/mol. The van der Waals surface area contributed by atoms with Crippen LogP contribution in [-0.4, -0.2) is 54.0 Å². The summed E-state index contributed by atoms with van der Waals surface area (Å²) in [7, 11) is 0. The third kappa shape index (κ3) is 4.66. The number of amides is 1. The molecule has 4 rings (SSSR count). The number of likely N-dealkylation sites (tertiary alicyclic amines) is 2. The largest absolute Gasteiger partial charge is 0.353 e. The summed E-state index contributed by atoms with van der Waals surface area (Å²) < 4.78 is 0. The van der Waals surface area contributed by atoms with Crippen LogP contribution in [0.5, 0.6) is 0 Å². The predicted molar refractivity (Wildman–Crippen MR) is 105 cm³/mol. The Morgan fingerprint density at radius 1 is 1.12 bits per heavy atom. The van der Waals surface area contributed by atoms with E-state index in [9.17, 15) is 4.79 Å². The van der Waals surface area contributed by atoms with Gasteiger partial charge in [0.1, 0.15) is 0 Å². The van der Waals surface area contributed by atoms with E-state index in [1.807, 2.05) is 0 Å². The molecule has 3 fully saturated rings. The minimum absolute atomic E-state index is 0.217. The van der Waals surface area contributed by atoms with Gasteiger partial charge in [0.15, 0.2) is 0 Å². The lowest BCUT2D eigenvalue weighted by atomic mass is 9.93. The summed E-state index contributed by atoms with van der Waals surface area (Å²) in [6, 6.07) is 10.0. The van der Waals surface area contributed by atoms with Crippen LogP contribution < -0.4 is 5.32 Å². The standard InChI is InChI=1S/C22H33N3O/c1-17-4-2-5-18(14-17)15-24-12-9-21(10-13-24)25-11-3-6-19(16-25)22(26)23-20-7-8-20/h2,4-5,14,19-21H,3,6-13,15-16H2,1H3,(H,23,26)/t19-/m0/s1. The van der Waals surface area contributed by atoms with Crippen molar-refractivity contribution in [1.29, 1.82) is 0 Å². The molecule has 2 heterocycles. The second-order valence-electron chi connectivity index (χ2n) is 8.61. The van der Waals surface area contributed by atoms with Crippen molar-refractivity contribution in [3.05, 3.63) is 35.4 Å². The fraction of sp³-hybridized carbons (Fsp3) is 0.682. The molecule has 2 saturated heterocycles. The highest BCUT2D eigenvalue weighted by Gasteiger charge is 2.33. The van der Waals surface area contributed by atoms with Gasteiger partial charge in [-0.05, 0) is 70.6 Å². The van der Waals surface area contributed by atoms with Crippen LogP contribution in [0, 0.1) is 12.8 Å². The molecule has 1 aromatic rings. The van der Waals surface area contributed by atoms with Crippen molar-refractivity contribution in [2.45, 2.75) is 64.1 Å². The molecule has 1 aromatic carbocycles. The van der Waals surface area contributed by atoms with E-state index in [0.29, 0.717) is 18.0 Å². The molecule has 0 spiro atoms. The van der Waals surface area contributed by atoms with Crippen molar-refractivity contribution in [3.8, 4) is 0 Å². The van der Waals surface area contributed by atoms with E-state index in [1.165, 1.54) is 62.9 Å². The average molecular weight is 356 g/mol. The lowest BCUT2D eigenvalue weighted by molar-refractivity contribution is -0.127. The molecule has 1 saturated carbocycles. The highest BCUT2D eigenvalue weighted by molar-refractivity contribution is 5.79. The number of carbonyl (C=O) groups excluding carboxylic acids is 1. The fourth-order valence-corrected chi connectivity index (χ4v) is 4.61. The van der Waals surface area contributed by atoms with E-state index in [4.69, 9.17) is 0 Å². The SMILES string of the molecule is Cc1cccc(CN2CCC(N3CCC[C@H](C(=O)NC4CC4)C3)CC2)c1. The van der Waals surface area contributed by atoms with Crippen LogP contribution in [0.4, 0.5) is 0 Å². The summed E-state index contributed by atoms with van der Waals surface area (Å²) >= 11 is 0. The van der Waals surface area contributed by atoms with E-state index >= 15 is 0 Å². The van der Waals surface area contributed by atoms with E-state index < -0.39 is 0 Å². The highest BCUT2D eigenvalue weighted by Crippen LogP contribution is 2.26. The third-order valence-corrected chi connectivity index (χ3v) is 6.31. The van der Waals surface area contributed by atoms with Crippen LogP contribution in [0.25, 0.3) is 0 Å². The van der Waals surface area contributed by atoms with Gasteiger partial charge in [0.2, 0.25) is 5.91 Å². The molecule has 4 nitrogen and oxygen atoms in total. The maximum Gasteiger partial charge on any atom is 0.224 e. The zero-order chi connectivity index (χ0) is 17.9. The van der Waals surface area contributed by atoms with Crippen molar-refractivity contribution >= 4 is 5.91 Å². The van der Waals surface area contributed by atoms with Crippen molar-refractivity contribution in [2.75, 3.05) is 26.2 Å². The van der Waals surface area contributed by atoms with Crippen molar-refractivity contribution in [1.82, 2.24) is 15.1 Å². The number of nitrogens with zero attached hydrogens (tertiary/aromatic N) is 2. The zero-order valence-corrected chi connectivity index (χ0v) is 16.1. The van der Waals surface area contributed by atoms with Crippen molar-refractivity contribution in [3.63, 3.8) is 0 Å². The van der Waals surface area contributed by atoms with Gasteiger partial charge in [-0.1, -0.05) is 29.8 Å². The van der Waals surface area contributed by atoms with Gasteiger partial charge >= 0.3 is 0 Å². The number of rotatable bonds is 5. The number of benzene rings is 1. The van der Waals surface area contributed by atoms with E-state index in [0.717, 1.165) is 19.5 Å². The molecule has 2 aliphatic heterocycles. The van der Waals surface area contributed by atoms with Crippen LogP contribution >= 0.6 is 0 Å². The average Bonchev–Trinajstić information content (AvgIpc) is 3.46. The quantitative estimate of drug-likeness (QED) is 0.882. The third-order valence-electron chi connectivity index (χ3n) is 6.31. The van der Waals surface area contributed by atoms with Crippen LogP contribution in [0.2, 0.25) is 0 Å². The molecule has 0 unspecified atom stereocenters. The number of piperidine rings is 2. The summed E-state index contributed by atoms with van der Waals surface area (Å²) in [5.74, 6) is 0.531. The van der Waals surface area contributed by atoms with E-state index in [2.05, 4.69) is 46.3 Å². The summed E-state index contributed by atoms with van der Waals surface area (Å²) in [6.07, 6.45) is 7.09. The summed E-state index contributed by atoms with van der Waals surface area (Å²) in [5.41, 5.74) is 2.78. The van der Waals surface area contributed by atoms with Gasteiger partial charge in [-0.2, -0.15) is 0 Å². The Balaban J connectivity index is 1.25. The van der Waals surface area contributed by atoms with Gasteiger partial charge < -0.3 is 5.32 Å². The minimum Gasteiger partial charge on any atom is -0.353 e. The van der Waals surface area contributed by atoms with Crippen LogP contribution in [0.15, 0.2) is 24.3 Å². The molecule has 4 heteroatoms. The molecule has 1 aliphatic carbocycles. The van der Waals surface area contributed by atoms with E-state index in [-0.39, 0.29) is 5.92 Å². The van der Waals surface area contributed by atoms with Crippen LogP contribution in [0.3, 0.4) is 0 Å². The number of carbonyl (C=O) groups is 1. The number of hydrogen-bond donors (Lipinski definition) is 1. The Hall–Kier alpha value is -1.39. The highest BCUT2D eigenvalue weighted by atomic mass is 16.2. The van der Waals surface area contributed by atoms with Crippen molar-refractivity contribution < 1.29 is 4.79 Å². The van der Waals surface area contributed by atoms with E-state index in [1.54, 1.807) is 0 Å². The zero-order valence-electron chi connectivity index (χ0n) is 16.1. The second kappa shape index (κ2) is 8.10. The molecule has 0 radical (unpaired) electrons. The molecule has 142 valence electrons. The molecule has 1 amide bonds. The summed E-state index contributed by atoms with van der Waals surface area (Å²) in [5, 5.41) is 3.21. The Kier molecular flexibility index (Phi) is 5.60. The minimum atomic E-state index is 0.217. The van der Waals surface area contributed by atoms with Crippen molar-refractivity contribution in [2.24, 2.45) is 5.92 Å². The Bertz CT molecular complexity index is 620. The van der Waals surface area contributed by atoms with Gasteiger partial charge in [-0.25, -0.2) is 0 Å². The number of hydrogen-bond acceptors (Lipinski definition) is 3. The smallest absolute Gasteiger partial charge is 0.224 e. The topological polar surface area (TPSA) is 35.6 Å². The van der Waals surface area contributed by atoms with Gasteiger partial charge in [0, 0.05) is 25.2 Å². The normalized spacial score (nSPS) is 26.0. The summed E-state index contributed by atoms with van der Waals surface area (Å²) in [4.78, 5) is 17.6. The molecule has 0 aromatic heterocycles. The van der Waals surface area contributed by atoms with Crippen LogP contribution in [-0.2, 0) is 11.3 Å². The second-order valence-corrected chi connectivity index (χ2v) is 8.61.